The van der Waals surface area contributed by atoms with Gasteiger partial charge in [0.15, 0.2) is 5.65 Å². The van der Waals surface area contributed by atoms with Crippen LogP contribution in [0.5, 0.6) is 0 Å². The Hall–Kier alpha value is -2.69. The van der Waals surface area contributed by atoms with Crippen molar-refractivity contribution in [2.45, 2.75) is 33.1 Å². The fourth-order valence-corrected chi connectivity index (χ4v) is 2.89. The van der Waals surface area contributed by atoms with E-state index >= 15 is 0 Å². The van der Waals surface area contributed by atoms with Gasteiger partial charge in [-0.15, -0.1) is 10.2 Å². The Labute approximate surface area is 148 Å². The number of hydrogen-bond acceptors (Lipinski definition) is 3. The molecule has 2 aromatic heterocycles. The molecule has 0 bridgehead atoms. The molecule has 0 radical (unpaired) electrons. The number of fused-ring (bicyclic) bond motifs is 1. The second-order valence-corrected chi connectivity index (χ2v) is 6.74. The van der Waals surface area contributed by atoms with Crippen molar-refractivity contribution in [2.24, 2.45) is 5.92 Å². The fourth-order valence-electron chi connectivity index (χ4n) is 2.89. The number of carbonyl (C=O) groups excluding carboxylic acids is 1. The van der Waals surface area contributed by atoms with Gasteiger partial charge >= 0.3 is 0 Å². The number of nitrogens with zero attached hydrogens (tertiary/aromatic N) is 3. The Kier molecular flexibility index (Phi) is 5.43. The van der Waals surface area contributed by atoms with E-state index in [0.717, 1.165) is 23.5 Å². The smallest absolute Gasteiger partial charge is 0.224 e. The predicted octanol–water partition coefficient (Wildman–Crippen LogP) is 2.83. The van der Waals surface area contributed by atoms with E-state index in [9.17, 15) is 4.79 Å². The first-order valence-electron chi connectivity index (χ1n) is 8.75. The Morgan fingerprint density at radius 3 is 2.60 bits per heavy atom. The van der Waals surface area contributed by atoms with E-state index in [0.29, 0.717) is 25.3 Å². The first kappa shape index (κ1) is 17.1. The maximum Gasteiger partial charge on any atom is 0.224 e. The second kappa shape index (κ2) is 7.92. The van der Waals surface area contributed by atoms with Crippen LogP contribution in [0.25, 0.3) is 5.65 Å². The van der Waals surface area contributed by atoms with Crippen LogP contribution in [0.3, 0.4) is 0 Å². The molecular weight excluding hydrogens is 312 g/mol. The summed E-state index contributed by atoms with van der Waals surface area (Å²) in [7, 11) is 0. The minimum atomic E-state index is 0.0328. The quantitative estimate of drug-likeness (QED) is 0.722. The number of amides is 1. The lowest BCUT2D eigenvalue weighted by Crippen LogP contribution is -2.27. The largest absolute Gasteiger partial charge is 0.355 e. The van der Waals surface area contributed by atoms with Crippen LogP contribution in [-0.2, 0) is 24.1 Å². The molecule has 25 heavy (non-hydrogen) atoms. The summed E-state index contributed by atoms with van der Waals surface area (Å²) in [6.07, 6.45) is 4.07. The number of rotatable bonds is 7. The predicted molar refractivity (Wildman–Crippen MR) is 98.4 cm³/mol. The van der Waals surface area contributed by atoms with Gasteiger partial charge in [0.1, 0.15) is 5.82 Å². The van der Waals surface area contributed by atoms with E-state index in [4.69, 9.17) is 0 Å². The average Bonchev–Trinajstić information content (AvgIpc) is 3.00. The minimum Gasteiger partial charge on any atom is -0.355 e. The molecule has 0 saturated heterocycles. The Morgan fingerprint density at radius 1 is 1.08 bits per heavy atom. The van der Waals surface area contributed by atoms with Crippen molar-refractivity contribution in [3.8, 4) is 0 Å². The number of benzene rings is 1. The third kappa shape index (κ3) is 4.66. The highest BCUT2D eigenvalue weighted by atomic mass is 16.1. The summed E-state index contributed by atoms with van der Waals surface area (Å²) in [6, 6.07) is 14.1. The second-order valence-electron chi connectivity index (χ2n) is 6.74. The zero-order chi connectivity index (χ0) is 17.6. The van der Waals surface area contributed by atoms with Gasteiger partial charge in [0.25, 0.3) is 0 Å². The van der Waals surface area contributed by atoms with Gasteiger partial charge in [0.2, 0.25) is 5.91 Å². The van der Waals surface area contributed by atoms with Crippen LogP contribution in [-0.4, -0.2) is 27.0 Å². The van der Waals surface area contributed by atoms with Gasteiger partial charge < -0.3 is 5.32 Å². The summed E-state index contributed by atoms with van der Waals surface area (Å²) in [4.78, 5) is 12.1. The number of hydrogen-bond donors (Lipinski definition) is 1. The summed E-state index contributed by atoms with van der Waals surface area (Å²) in [5.41, 5.74) is 3.18. The van der Waals surface area contributed by atoms with E-state index in [1.807, 2.05) is 40.9 Å². The molecule has 0 fully saturated rings. The Morgan fingerprint density at radius 2 is 1.84 bits per heavy atom. The molecular formula is C20H24N4O. The van der Waals surface area contributed by atoms with Gasteiger partial charge in [-0.25, -0.2) is 0 Å². The molecule has 0 aliphatic carbocycles. The SMILES string of the molecule is CC(C)Cc1ccc(CC(=O)NCCc2nnc3ccccn23)cc1. The van der Waals surface area contributed by atoms with Crippen molar-refractivity contribution in [3.05, 3.63) is 65.6 Å². The highest BCUT2D eigenvalue weighted by Crippen LogP contribution is 2.10. The lowest BCUT2D eigenvalue weighted by atomic mass is 10.0. The van der Waals surface area contributed by atoms with Crippen molar-refractivity contribution in [3.63, 3.8) is 0 Å². The summed E-state index contributed by atoms with van der Waals surface area (Å²) >= 11 is 0. The summed E-state index contributed by atoms with van der Waals surface area (Å²) in [5.74, 6) is 1.53. The zero-order valence-corrected chi connectivity index (χ0v) is 14.8. The Bertz CT molecular complexity index is 836. The van der Waals surface area contributed by atoms with Crippen molar-refractivity contribution in [1.82, 2.24) is 19.9 Å². The van der Waals surface area contributed by atoms with E-state index < -0.39 is 0 Å². The van der Waals surface area contributed by atoms with Crippen molar-refractivity contribution in [1.29, 1.82) is 0 Å². The van der Waals surface area contributed by atoms with Gasteiger partial charge in [-0.1, -0.05) is 44.2 Å². The van der Waals surface area contributed by atoms with Crippen molar-refractivity contribution in [2.75, 3.05) is 6.54 Å². The fraction of sp³-hybridized carbons (Fsp3) is 0.350. The lowest BCUT2D eigenvalue weighted by Gasteiger charge is -2.07. The summed E-state index contributed by atoms with van der Waals surface area (Å²) in [6.45, 7) is 4.97. The normalized spacial score (nSPS) is 11.2. The topological polar surface area (TPSA) is 59.3 Å². The van der Waals surface area contributed by atoms with Crippen LogP contribution in [0.15, 0.2) is 48.7 Å². The van der Waals surface area contributed by atoms with E-state index in [1.165, 1.54) is 5.56 Å². The van der Waals surface area contributed by atoms with E-state index in [1.54, 1.807) is 0 Å². The molecule has 0 aliphatic heterocycles. The van der Waals surface area contributed by atoms with Crippen LogP contribution in [0.2, 0.25) is 0 Å². The molecule has 0 spiro atoms. The lowest BCUT2D eigenvalue weighted by molar-refractivity contribution is -0.120. The molecule has 5 heteroatoms. The highest BCUT2D eigenvalue weighted by Gasteiger charge is 2.07. The number of nitrogens with one attached hydrogen (secondary N) is 1. The van der Waals surface area contributed by atoms with Crippen LogP contribution < -0.4 is 5.32 Å². The zero-order valence-electron chi connectivity index (χ0n) is 14.8. The average molecular weight is 336 g/mol. The molecule has 3 aromatic rings. The molecule has 3 rings (SSSR count). The standard InChI is InChI=1S/C20H24N4O/c1-15(2)13-16-6-8-17(9-7-16)14-20(25)21-11-10-19-23-22-18-5-3-4-12-24(18)19/h3-9,12,15H,10-11,13-14H2,1-2H3,(H,21,25). The first-order valence-corrected chi connectivity index (χ1v) is 8.75. The van der Waals surface area contributed by atoms with Crippen LogP contribution in [0.1, 0.15) is 30.8 Å². The third-order valence-electron chi connectivity index (χ3n) is 4.09. The van der Waals surface area contributed by atoms with Crippen molar-refractivity contribution < 1.29 is 4.79 Å². The number of aromatic nitrogens is 3. The molecule has 5 nitrogen and oxygen atoms in total. The summed E-state index contributed by atoms with van der Waals surface area (Å²) < 4.78 is 1.94. The maximum absolute atomic E-state index is 12.1. The molecule has 0 unspecified atom stereocenters. The van der Waals surface area contributed by atoms with Crippen LogP contribution in [0.4, 0.5) is 0 Å². The number of pyridine rings is 1. The number of carbonyl (C=O) groups is 1. The van der Waals surface area contributed by atoms with Gasteiger partial charge in [-0.05, 0) is 35.6 Å². The Balaban J connectivity index is 1.48. The maximum atomic E-state index is 12.1. The van der Waals surface area contributed by atoms with Crippen LogP contribution in [0, 0.1) is 5.92 Å². The van der Waals surface area contributed by atoms with E-state index in [-0.39, 0.29) is 5.91 Å². The van der Waals surface area contributed by atoms with Gasteiger partial charge in [-0.2, -0.15) is 0 Å². The van der Waals surface area contributed by atoms with Gasteiger partial charge in [-0.3, -0.25) is 9.20 Å². The molecule has 0 atom stereocenters. The molecule has 2 heterocycles. The molecule has 0 aliphatic rings. The van der Waals surface area contributed by atoms with Gasteiger partial charge in [0.05, 0.1) is 6.42 Å². The molecule has 1 aromatic carbocycles. The highest BCUT2D eigenvalue weighted by molar-refractivity contribution is 5.78. The first-order chi connectivity index (χ1) is 12.1. The van der Waals surface area contributed by atoms with Crippen LogP contribution >= 0.6 is 0 Å². The van der Waals surface area contributed by atoms with Crippen molar-refractivity contribution >= 4 is 11.6 Å². The molecule has 1 amide bonds. The van der Waals surface area contributed by atoms with Gasteiger partial charge in [0, 0.05) is 19.2 Å². The third-order valence-corrected chi connectivity index (χ3v) is 4.09. The minimum absolute atomic E-state index is 0.0328. The monoisotopic (exact) mass is 336 g/mol. The molecule has 0 saturated carbocycles. The summed E-state index contributed by atoms with van der Waals surface area (Å²) in [5, 5.41) is 11.2. The molecule has 1 N–H and O–H groups in total. The van der Waals surface area contributed by atoms with E-state index in [2.05, 4.69) is 41.5 Å². The molecule has 130 valence electrons.